The van der Waals surface area contributed by atoms with Crippen LogP contribution in [0.3, 0.4) is 0 Å². The van der Waals surface area contributed by atoms with Crippen molar-refractivity contribution in [3.05, 3.63) is 64.7 Å². The molecule has 0 unspecified atom stereocenters. The Morgan fingerprint density at radius 2 is 2.04 bits per heavy atom. The molecule has 2 aromatic heterocycles. The lowest BCUT2D eigenvalue weighted by atomic mass is 10.1. The Morgan fingerprint density at radius 3 is 2.68 bits per heavy atom. The highest BCUT2D eigenvalue weighted by Gasteiger charge is 2.23. The molecule has 0 N–H and O–H groups in total. The van der Waals surface area contributed by atoms with E-state index in [1.54, 1.807) is 23.4 Å². The Balaban J connectivity index is 1.90. The molecule has 3 aromatic rings. The summed E-state index contributed by atoms with van der Waals surface area (Å²) >= 11 is 6.41. The number of hydrogen-bond donors (Lipinski definition) is 0. The van der Waals surface area contributed by atoms with E-state index < -0.39 is 0 Å². The predicted octanol–water partition coefficient (Wildman–Crippen LogP) is 3.56. The van der Waals surface area contributed by atoms with Crippen LogP contribution >= 0.6 is 11.6 Å². The molecule has 8 heteroatoms. The normalized spacial score (nSPS) is 11.5. The average molecular weight is 399 g/mol. The van der Waals surface area contributed by atoms with Gasteiger partial charge in [0.15, 0.2) is 5.82 Å². The van der Waals surface area contributed by atoms with Gasteiger partial charge in [0.1, 0.15) is 0 Å². The highest BCUT2D eigenvalue weighted by atomic mass is 35.5. The number of tetrazole rings is 1. The van der Waals surface area contributed by atoms with Crippen LogP contribution in [0.25, 0.3) is 0 Å². The van der Waals surface area contributed by atoms with Crippen molar-refractivity contribution < 1.29 is 4.79 Å². The molecule has 1 amide bonds. The van der Waals surface area contributed by atoms with Crippen molar-refractivity contribution in [2.24, 2.45) is 0 Å². The number of aromatic nitrogens is 5. The van der Waals surface area contributed by atoms with Crippen molar-refractivity contribution in [1.29, 1.82) is 0 Å². The molecule has 0 aliphatic heterocycles. The maximum Gasteiger partial charge on any atom is 0.235 e. The van der Waals surface area contributed by atoms with Gasteiger partial charge in [0.25, 0.3) is 0 Å². The minimum absolute atomic E-state index is 0.0284. The van der Waals surface area contributed by atoms with Crippen LogP contribution in [-0.4, -0.2) is 31.1 Å². The standard InChI is InChI=1S/C20H23ClN6O/c1-14-7-8-16(21)17(10-14)26(13-15-6-5-9-22-12-15)19(28)11-18-23-25-27(24-18)20(2,3)4/h5-10,12H,11,13H2,1-4H3. The molecule has 0 spiro atoms. The number of anilines is 1. The number of pyridine rings is 1. The summed E-state index contributed by atoms with van der Waals surface area (Å²) in [6, 6.07) is 9.37. The molecular formula is C20H23ClN6O. The second kappa shape index (κ2) is 8.06. The van der Waals surface area contributed by atoms with E-state index in [0.717, 1.165) is 11.1 Å². The lowest BCUT2D eigenvalue weighted by Gasteiger charge is -2.24. The summed E-state index contributed by atoms with van der Waals surface area (Å²) in [5.74, 6) is 0.213. The van der Waals surface area contributed by atoms with Crippen LogP contribution < -0.4 is 4.90 Å². The summed E-state index contributed by atoms with van der Waals surface area (Å²) in [6.45, 7) is 8.23. The molecule has 2 heterocycles. The molecule has 7 nitrogen and oxygen atoms in total. The average Bonchev–Trinajstić information content (AvgIpc) is 3.11. The molecule has 3 rings (SSSR count). The van der Waals surface area contributed by atoms with Crippen molar-refractivity contribution in [3.63, 3.8) is 0 Å². The summed E-state index contributed by atoms with van der Waals surface area (Å²) in [5.41, 5.74) is 2.27. The Labute approximate surface area is 169 Å². The topological polar surface area (TPSA) is 76.8 Å². The molecule has 0 aliphatic carbocycles. The van der Waals surface area contributed by atoms with Crippen molar-refractivity contribution in [1.82, 2.24) is 25.2 Å². The SMILES string of the molecule is Cc1ccc(Cl)c(N(Cc2cccnc2)C(=O)Cc2nnn(C(C)(C)C)n2)c1. The van der Waals surface area contributed by atoms with Gasteiger partial charge in [0, 0.05) is 12.4 Å². The van der Waals surface area contributed by atoms with Gasteiger partial charge >= 0.3 is 0 Å². The largest absolute Gasteiger partial charge is 0.306 e. The quantitative estimate of drug-likeness (QED) is 0.656. The third kappa shape index (κ3) is 4.72. The number of rotatable bonds is 5. The maximum absolute atomic E-state index is 13.2. The van der Waals surface area contributed by atoms with Gasteiger partial charge < -0.3 is 4.90 Å². The van der Waals surface area contributed by atoms with Crippen molar-refractivity contribution in [2.45, 2.75) is 46.2 Å². The number of halogens is 1. The predicted molar refractivity (Wildman–Crippen MR) is 108 cm³/mol. The smallest absolute Gasteiger partial charge is 0.235 e. The van der Waals surface area contributed by atoms with Gasteiger partial charge in [-0.1, -0.05) is 23.7 Å². The number of nitrogens with zero attached hydrogens (tertiary/aromatic N) is 6. The second-order valence-electron chi connectivity index (χ2n) is 7.64. The van der Waals surface area contributed by atoms with Gasteiger partial charge in [-0.15, -0.1) is 10.2 Å². The molecule has 0 atom stereocenters. The van der Waals surface area contributed by atoms with Crippen molar-refractivity contribution in [2.75, 3.05) is 4.90 Å². The first-order valence-electron chi connectivity index (χ1n) is 8.99. The highest BCUT2D eigenvalue weighted by molar-refractivity contribution is 6.33. The number of carbonyl (C=O) groups is 1. The molecular weight excluding hydrogens is 376 g/mol. The molecule has 0 aliphatic rings. The number of benzene rings is 1. The highest BCUT2D eigenvalue weighted by Crippen LogP contribution is 2.29. The molecule has 0 bridgehead atoms. The number of amides is 1. The second-order valence-corrected chi connectivity index (χ2v) is 8.05. The fourth-order valence-corrected chi connectivity index (χ4v) is 2.86. The Bertz CT molecular complexity index is 964. The lowest BCUT2D eigenvalue weighted by molar-refractivity contribution is -0.118. The molecule has 0 fully saturated rings. The van der Waals surface area contributed by atoms with Crippen LogP contribution in [0, 0.1) is 6.92 Å². The van der Waals surface area contributed by atoms with E-state index in [4.69, 9.17) is 11.6 Å². The van der Waals surface area contributed by atoms with E-state index in [2.05, 4.69) is 20.4 Å². The van der Waals surface area contributed by atoms with Crippen LogP contribution in [0.5, 0.6) is 0 Å². The molecule has 1 aromatic carbocycles. The monoisotopic (exact) mass is 398 g/mol. The Hall–Kier alpha value is -2.80. The number of hydrogen-bond acceptors (Lipinski definition) is 5. The van der Waals surface area contributed by atoms with Crippen LogP contribution in [0.15, 0.2) is 42.7 Å². The Kier molecular flexibility index (Phi) is 5.74. The summed E-state index contributed by atoms with van der Waals surface area (Å²) in [6.07, 6.45) is 3.46. The number of aryl methyl sites for hydroxylation is 1. The zero-order chi connectivity index (χ0) is 20.3. The Morgan fingerprint density at radius 1 is 1.25 bits per heavy atom. The fraction of sp³-hybridized carbons (Fsp3) is 0.350. The maximum atomic E-state index is 13.2. The number of carbonyl (C=O) groups excluding carboxylic acids is 1. The van der Waals surface area contributed by atoms with E-state index in [1.165, 1.54) is 4.80 Å². The van der Waals surface area contributed by atoms with Gasteiger partial charge in [0.05, 0.1) is 29.2 Å². The first kappa shape index (κ1) is 19.9. The van der Waals surface area contributed by atoms with Gasteiger partial charge in [-0.05, 0) is 62.2 Å². The molecule has 0 saturated heterocycles. The van der Waals surface area contributed by atoms with E-state index in [1.807, 2.05) is 52.0 Å². The minimum Gasteiger partial charge on any atom is -0.306 e. The van der Waals surface area contributed by atoms with Crippen molar-refractivity contribution >= 4 is 23.2 Å². The summed E-state index contributed by atoms with van der Waals surface area (Å²) in [4.78, 5) is 20.5. The first-order valence-corrected chi connectivity index (χ1v) is 9.36. The van der Waals surface area contributed by atoms with Crippen LogP contribution in [0.1, 0.15) is 37.7 Å². The van der Waals surface area contributed by atoms with Crippen molar-refractivity contribution in [3.8, 4) is 0 Å². The lowest BCUT2D eigenvalue weighted by Crippen LogP contribution is -2.32. The summed E-state index contributed by atoms with van der Waals surface area (Å²) in [5, 5.41) is 12.9. The third-order valence-electron chi connectivity index (χ3n) is 4.12. The molecule has 0 radical (unpaired) electrons. The van der Waals surface area contributed by atoms with Gasteiger partial charge in [-0.2, -0.15) is 4.80 Å². The molecule has 0 saturated carbocycles. The zero-order valence-electron chi connectivity index (χ0n) is 16.4. The molecule has 146 valence electrons. The minimum atomic E-state index is -0.302. The summed E-state index contributed by atoms with van der Waals surface area (Å²) < 4.78 is 0. The van der Waals surface area contributed by atoms with Crippen LogP contribution in [0.4, 0.5) is 5.69 Å². The zero-order valence-corrected chi connectivity index (χ0v) is 17.2. The van der Waals surface area contributed by atoms with E-state index in [9.17, 15) is 4.79 Å². The van der Waals surface area contributed by atoms with Crippen LogP contribution in [0.2, 0.25) is 5.02 Å². The third-order valence-corrected chi connectivity index (χ3v) is 4.44. The van der Waals surface area contributed by atoms with Crippen LogP contribution in [-0.2, 0) is 23.3 Å². The van der Waals surface area contributed by atoms with Gasteiger partial charge in [0.2, 0.25) is 5.91 Å². The van der Waals surface area contributed by atoms with Gasteiger partial charge in [-0.25, -0.2) is 0 Å². The molecule has 28 heavy (non-hydrogen) atoms. The summed E-state index contributed by atoms with van der Waals surface area (Å²) in [7, 11) is 0. The van der Waals surface area contributed by atoms with E-state index >= 15 is 0 Å². The van der Waals surface area contributed by atoms with E-state index in [-0.39, 0.29) is 17.9 Å². The van der Waals surface area contributed by atoms with Gasteiger partial charge in [-0.3, -0.25) is 9.78 Å². The van der Waals surface area contributed by atoms with E-state index in [0.29, 0.717) is 23.1 Å². The first-order chi connectivity index (χ1) is 13.2. The fourth-order valence-electron chi connectivity index (χ4n) is 2.64.